The Labute approximate surface area is 96.0 Å². The van der Waals surface area contributed by atoms with Gasteiger partial charge in [0.15, 0.2) is 0 Å². The van der Waals surface area contributed by atoms with Gasteiger partial charge in [0.05, 0.1) is 6.07 Å². The Balaban J connectivity index is 4.30. The van der Waals surface area contributed by atoms with Crippen LogP contribution in [0, 0.1) is 23.2 Å². The van der Waals surface area contributed by atoms with Crippen LogP contribution >= 0.6 is 0 Å². The highest BCUT2D eigenvalue weighted by molar-refractivity contribution is 5.86. The molecule has 16 heavy (non-hydrogen) atoms. The highest BCUT2D eigenvalue weighted by Gasteiger charge is 2.20. The first-order valence-corrected chi connectivity index (χ1v) is 5.35. The van der Waals surface area contributed by atoms with Crippen LogP contribution in [0.1, 0.15) is 33.6 Å². The average molecular weight is 225 g/mol. The first-order chi connectivity index (χ1) is 7.36. The third-order valence-electron chi connectivity index (χ3n) is 2.08. The van der Waals surface area contributed by atoms with Crippen LogP contribution in [0.5, 0.6) is 0 Å². The lowest BCUT2D eigenvalue weighted by Gasteiger charge is -2.17. The molecule has 0 aliphatic heterocycles. The van der Waals surface area contributed by atoms with Crippen molar-refractivity contribution in [3.63, 3.8) is 0 Å². The fourth-order valence-corrected chi connectivity index (χ4v) is 1.28. The second-order valence-electron chi connectivity index (χ2n) is 4.39. The van der Waals surface area contributed by atoms with Crippen molar-refractivity contribution in [3.8, 4) is 6.07 Å². The zero-order valence-electron chi connectivity index (χ0n) is 9.99. The van der Waals surface area contributed by atoms with Crippen molar-refractivity contribution >= 4 is 11.8 Å². The third kappa shape index (κ3) is 6.02. The summed E-state index contributed by atoms with van der Waals surface area (Å²) in [6.07, 6.45) is 0.611. The summed E-state index contributed by atoms with van der Waals surface area (Å²) in [4.78, 5) is 22.5. The molecule has 0 aliphatic rings. The predicted molar refractivity (Wildman–Crippen MR) is 60.0 cm³/mol. The number of primary amides is 1. The fourth-order valence-electron chi connectivity index (χ4n) is 1.28. The van der Waals surface area contributed by atoms with E-state index in [9.17, 15) is 9.59 Å². The molecule has 0 radical (unpaired) electrons. The van der Waals surface area contributed by atoms with E-state index >= 15 is 0 Å². The summed E-state index contributed by atoms with van der Waals surface area (Å²) >= 11 is 0. The van der Waals surface area contributed by atoms with Gasteiger partial charge in [-0.15, -0.1) is 0 Å². The lowest BCUT2D eigenvalue weighted by atomic mass is 10.0. The molecule has 0 aromatic rings. The molecule has 5 nitrogen and oxygen atoms in total. The number of nitrogens with one attached hydrogen (secondary N) is 1. The largest absolute Gasteiger partial charge is 0.368 e. The average Bonchev–Trinajstić information content (AvgIpc) is 2.14. The van der Waals surface area contributed by atoms with E-state index in [2.05, 4.69) is 5.32 Å². The summed E-state index contributed by atoms with van der Waals surface area (Å²) in [7, 11) is 0. The Morgan fingerprint density at radius 3 is 2.31 bits per heavy atom. The van der Waals surface area contributed by atoms with Gasteiger partial charge in [-0.25, -0.2) is 0 Å². The Kier molecular flexibility index (Phi) is 6.16. The van der Waals surface area contributed by atoms with Crippen LogP contribution in [0.2, 0.25) is 0 Å². The van der Waals surface area contributed by atoms with Crippen LogP contribution in [0.4, 0.5) is 0 Å². The monoisotopic (exact) mass is 225 g/mol. The Morgan fingerprint density at radius 2 is 1.94 bits per heavy atom. The van der Waals surface area contributed by atoms with Crippen LogP contribution < -0.4 is 11.1 Å². The van der Waals surface area contributed by atoms with Crippen molar-refractivity contribution in [2.24, 2.45) is 17.6 Å². The van der Waals surface area contributed by atoms with Crippen molar-refractivity contribution in [1.29, 1.82) is 5.26 Å². The molecular weight excluding hydrogens is 206 g/mol. The van der Waals surface area contributed by atoms with Crippen molar-refractivity contribution in [2.75, 3.05) is 0 Å². The van der Waals surface area contributed by atoms with E-state index in [1.807, 2.05) is 19.9 Å². The summed E-state index contributed by atoms with van der Waals surface area (Å²) in [6, 6.07) is 1.26. The van der Waals surface area contributed by atoms with Gasteiger partial charge in [0.1, 0.15) is 6.04 Å². The van der Waals surface area contributed by atoms with Crippen molar-refractivity contribution in [2.45, 2.75) is 39.7 Å². The van der Waals surface area contributed by atoms with Crippen LogP contribution in [0.3, 0.4) is 0 Å². The summed E-state index contributed by atoms with van der Waals surface area (Å²) in [5.74, 6) is -0.887. The molecule has 2 atom stereocenters. The minimum Gasteiger partial charge on any atom is -0.368 e. The Hall–Kier alpha value is -1.57. The number of carbonyl (C=O) groups excluding carboxylic acids is 2. The molecule has 0 spiro atoms. The third-order valence-corrected chi connectivity index (χ3v) is 2.08. The first-order valence-electron chi connectivity index (χ1n) is 5.35. The molecule has 0 saturated heterocycles. The first kappa shape index (κ1) is 14.4. The molecule has 0 unspecified atom stereocenters. The zero-order chi connectivity index (χ0) is 12.7. The topological polar surface area (TPSA) is 96.0 Å². The number of rotatable bonds is 6. The number of nitrogens with zero attached hydrogens (tertiary/aromatic N) is 1. The molecule has 3 N–H and O–H groups in total. The number of nitrogens with two attached hydrogens (primary N) is 1. The molecule has 0 aromatic carbocycles. The maximum absolute atomic E-state index is 11.4. The maximum atomic E-state index is 11.4. The van der Waals surface area contributed by atoms with Gasteiger partial charge >= 0.3 is 0 Å². The molecular formula is C11H19N3O2. The van der Waals surface area contributed by atoms with E-state index in [0.29, 0.717) is 6.42 Å². The number of carbonyl (C=O) groups is 2. The molecule has 0 fully saturated rings. The maximum Gasteiger partial charge on any atom is 0.240 e. The second kappa shape index (κ2) is 6.83. The quantitative estimate of drug-likeness (QED) is 0.691. The highest BCUT2D eigenvalue weighted by atomic mass is 16.2. The Bertz CT molecular complexity index is 294. The Morgan fingerprint density at radius 1 is 1.38 bits per heavy atom. The van der Waals surface area contributed by atoms with E-state index in [1.165, 1.54) is 0 Å². The summed E-state index contributed by atoms with van der Waals surface area (Å²) in [5.41, 5.74) is 5.16. The van der Waals surface area contributed by atoms with Gasteiger partial charge in [-0.2, -0.15) is 5.26 Å². The summed E-state index contributed by atoms with van der Waals surface area (Å²) in [6.45, 7) is 5.51. The van der Waals surface area contributed by atoms with Crippen LogP contribution in [-0.4, -0.2) is 17.9 Å². The minimum atomic E-state index is -0.749. The van der Waals surface area contributed by atoms with Gasteiger partial charge in [-0.05, 0) is 19.3 Å². The van der Waals surface area contributed by atoms with Gasteiger partial charge in [0.2, 0.25) is 11.8 Å². The van der Waals surface area contributed by atoms with E-state index in [1.54, 1.807) is 6.92 Å². The van der Waals surface area contributed by atoms with Crippen LogP contribution in [-0.2, 0) is 9.59 Å². The predicted octanol–water partition coefficient (Wildman–Crippen LogP) is 0.552. The minimum absolute atomic E-state index is 0.205. The lowest BCUT2D eigenvalue weighted by Crippen LogP contribution is -2.45. The van der Waals surface area contributed by atoms with Gasteiger partial charge in [-0.1, -0.05) is 13.8 Å². The molecule has 0 heterocycles. The number of hydrogen-bond donors (Lipinski definition) is 2. The van der Waals surface area contributed by atoms with Gasteiger partial charge < -0.3 is 11.1 Å². The standard InChI is InChI=1S/C11H19N3O2/c1-7(2)4-10(15)14-9(11(13)16)5-8(3)6-12/h7-9H,4-5H2,1-3H3,(H2,13,16)(H,14,15)/t8-,9+/m0/s1. The van der Waals surface area contributed by atoms with E-state index in [0.717, 1.165) is 0 Å². The van der Waals surface area contributed by atoms with Crippen molar-refractivity contribution < 1.29 is 9.59 Å². The van der Waals surface area contributed by atoms with Crippen LogP contribution in [0.25, 0.3) is 0 Å². The molecule has 90 valence electrons. The number of nitriles is 1. The molecule has 0 saturated carbocycles. The zero-order valence-corrected chi connectivity index (χ0v) is 9.99. The normalized spacial score (nSPS) is 13.9. The highest BCUT2D eigenvalue weighted by Crippen LogP contribution is 2.06. The summed E-state index contributed by atoms with van der Waals surface area (Å²) in [5, 5.41) is 11.2. The number of hydrogen-bond acceptors (Lipinski definition) is 3. The summed E-state index contributed by atoms with van der Waals surface area (Å²) < 4.78 is 0. The molecule has 0 aliphatic carbocycles. The molecule has 0 aromatic heterocycles. The molecule has 5 heteroatoms. The van der Waals surface area contributed by atoms with E-state index < -0.39 is 11.9 Å². The van der Waals surface area contributed by atoms with Crippen molar-refractivity contribution in [1.82, 2.24) is 5.32 Å². The molecule has 0 rings (SSSR count). The van der Waals surface area contributed by atoms with E-state index in [-0.39, 0.29) is 24.2 Å². The lowest BCUT2D eigenvalue weighted by molar-refractivity contribution is -0.128. The van der Waals surface area contributed by atoms with Crippen LogP contribution in [0.15, 0.2) is 0 Å². The van der Waals surface area contributed by atoms with Gasteiger partial charge in [0.25, 0.3) is 0 Å². The number of amides is 2. The van der Waals surface area contributed by atoms with E-state index in [4.69, 9.17) is 11.0 Å². The SMILES string of the molecule is CC(C)CC(=O)N[C@H](C[C@H](C)C#N)C(N)=O. The van der Waals surface area contributed by atoms with Gasteiger partial charge in [-0.3, -0.25) is 9.59 Å². The van der Waals surface area contributed by atoms with Gasteiger partial charge in [0, 0.05) is 12.3 Å². The fraction of sp³-hybridized carbons (Fsp3) is 0.727. The molecule has 2 amide bonds. The molecule has 0 bridgehead atoms. The second-order valence-corrected chi connectivity index (χ2v) is 4.39. The van der Waals surface area contributed by atoms with Crippen molar-refractivity contribution in [3.05, 3.63) is 0 Å². The smallest absolute Gasteiger partial charge is 0.240 e.